The molecule has 2 amide bonds. The zero-order chi connectivity index (χ0) is 15.4. The second kappa shape index (κ2) is 6.87. The summed E-state index contributed by atoms with van der Waals surface area (Å²) >= 11 is 1.40. The van der Waals surface area contributed by atoms with Gasteiger partial charge in [0.15, 0.2) is 0 Å². The second-order valence-electron chi connectivity index (χ2n) is 5.58. The summed E-state index contributed by atoms with van der Waals surface area (Å²) in [6, 6.07) is 10.5. The van der Waals surface area contributed by atoms with Gasteiger partial charge in [0.05, 0.1) is 0 Å². The van der Waals surface area contributed by atoms with Crippen molar-refractivity contribution in [2.45, 2.75) is 32.1 Å². The van der Waals surface area contributed by atoms with Crippen LogP contribution in [0.25, 0.3) is 0 Å². The predicted octanol–water partition coefficient (Wildman–Crippen LogP) is 3.65. The Labute approximate surface area is 134 Å². The van der Waals surface area contributed by atoms with E-state index < -0.39 is 0 Å². The molecule has 1 aromatic heterocycles. The summed E-state index contributed by atoms with van der Waals surface area (Å²) in [5, 5.41) is 12.1. The number of amides is 2. The van der Waals surface area contributed by atoms with Crippen LogP contribution < -0.4 is 5.32 Å². The largest absolute Gasteiger partial charge is 0.324 e. The molecule has 2 aromatic rings. The average Bonchev–Trinajstić information content (AvgIpc) is 2.80. The molecule has 0 saturated carbocycles. The molecule has 5 nitrogen and oxygen atoms in total. The maximum absolute atomic E-state index is 12.3. The number of nitrogens with zero attached hydrogens (tertiary/aromatic N) is 3. The van der Waals surface area contributed by atoms with Crippen molar-refractivity contribution in [1.82, 2.24) is 15.1 Å². The van der Waals surface area contributed by atoms with E-state index in [0.29, 0.717) is 11.0 Å². The van der Waals surface area contributed by atoms with Crippen LogP contribution in [-0.4, -0.2) is 34.2 Å². The second-order valence-corrected chi connectivity index (χ2v) is 6.76. The maximum Gasteiger partial charge on any atom is 0.323 e. The summed E-state index contributed by atoms with van der Waals surface area (Å²) in [7, 11) is 0. The van der Waals surface area contributed by atoms with Gasteiger partial charge >= 0.3 is 6.03 Å². The molecule has 116 valence electrons. The van der Waals surface area contributed by atoms with Crippen molar-refractivity contribution >= 4 is 22.5 Å². The third kappa shape index (κ3) is 3.62. The summed E-state index contributed by atoms with van der Waals surface area (Å²) in [5.74, 6) is 0.544. The van der Waals surface area contributed by atoms with Gasteiger partial charge in [0, 0.05) is 13.1 Å². The van der Waals surface area contributed by atoms with Crippen LogP contribution in [0.1, 0.15) is 35.8 Å². The lowest BCUT2D eigenvalue weighted by Gasteiger charge is -2.20. The van der Waals surface area contributed by atoms with Crippen LogP contribution in [0.5, 0.6) is 0 Å². The van der Waals surface area contributed by atoms with Gasteiger partial charge in [0.25, 0.3) is 0 Å². The van der Waals surface area contributed by atoms with E-state index in [2.05, 4.69) is 39.8 Å². The molecule has 2 heterocycles. The molecule has 22 heavy (non-hydrogen) atoms. The van der Waals surface area contributed by atoms with Gasteiger partial charge in [-0.25, -0.2) is 4.79 Å². The highest BCUT2D eigenvalue weighted by Gasteiger charge is 2.22. The smallest absolute Gasteiger partial charge is 0.323 e. The molecule has 1 aliphatic rings. The number of nitrogens with one attached hydrogen (secondary N) is 1. The van der Waals surface area contributed by atoms with Gasteiger partial charge in [-0.1, -0.05) is 41.7 Å². The van der Waals surface area contributed by atoms with E-state index in [4.69, 9.17) is 0 Å². The van der Waals surface area contributed by atoms with Crippen LogP contribution in [0, 0.1) is 6.92 Å². The molecular weight excluding hydrogens is 296 g/mol. The molecule has 1 aliphatic heterocycles. The fourth-order valence-corrected chi connectivity index (χ4v) is 3.46. The Morgan fingerprint density at radius 1 is 1.23 bits per heavy atom. The van der Waals surface area contributed by atoms with Crippen molar-refractivity contribution in [3.8, 4) is 0 Å². The molecule has 1 saturated heterocycles. The Hall–Kier alpha value is -1.95. The Kier molecular flexibility index (Phi) is 4.68. The summed E-state index contributed by atoms with van der Waals surface area (Å²) in [4.78, 5) is 14.2. The molecule has 1 atom stereocenters. The number of aromatic nitrogens is 2. The molecule has 6 heteroatoms. The fraction of sp³-hybridized carbons (Fsp3) is 0.438. The fourth-order valence-electron chi connectivity index (χ4n) is 2.88. The van der Waals surface area contributed by atoms with Crippen molar-refractivity contribution in [2.75, 3.05) is 18.4 Å². The van der Waals surface area contributed by atoms with Gasteiger partial charge < -0.3 is 4.90 Å². The molecule has 0 radical (unpaired) electrons. The van der Waals surface area contributed by atoms with Gasteiger partial charge in [-0.3, -0.25) is 5.32 Å². The average molecular weight is 316 g/mol. The maximum atomic E-state index is 12.3. The summed E-state index contributed by atoms with van der Waals surface area (Å²) in [6.45, 7) is 3.46. The number of likely N-dealkylation sites (tertiary alicyclic amines) is 1. The molecule has 0 bridgehead atoms. The van der Waals surface area contributed by atoms with Crippen molar-refractivity contribution in [3.63, 3.8) is 0 Å². The van der Waals surface area contributed by atoms with E-state index in [-0.39, 0.29) is 6.03 Å². The van der Waals surface area contributed by atoms with Gasteiger partial charge in [-0.05, 0) is 37.7 Å². The van der Waals surface area contributed by atoms with Crippen molar-refractivity contribution < 1.29 is 4.79 Å². The Balaban J connectivity index is 1.59. The molecule has 0 spiro atoms. The summed E-state index contributed by atoms with van der Waals surface area (Å²) < 4.78 is 0. The summed E-state index contributed by atoms with van der Waals surface area (Å²) in [5.41, 5.74) is 1.38. The zero-order valence-corrected chi connectivity index (χ0v) is 13.5. The SMILES string of the molecule is Cc1nnc(NC(=O)N2CCC[C@H](c3ccccc3)CC2)s1. The lowest BCUT2D eigenvalue weighted by Crippen LogP contribution is -2.35. The number of aryl methyl sites for hydroxylation is 1. The van der Waals surface area contributed by atoms with E-state index in [9.17, 15) is 4.79 Å². The minimum absolute atomic E-state index is 0.0649. The minimum atomic E-state index is -0.0649. The van der Waals surface area contributed by atoms with Gasteiger partial charge in [-0.15, -0.1) is 10.2 Å². The van der Waals surface area contributed by atoms with E-state index in [0.717, 1.165) is 37.4 Å². The highest BCUT2D eigenvalue weighted by Crippen LogP contribution is 2.28. The first kappa shape index (κ1) is 15.0. The van der Waals surface area contributed by atoms with Crippen LogP contribution in [0.15, 0.2) is 30.3 Å². The zero-order valence-electron chi connectivity index (χ0n) is 12.7. The number of benzene rings is 1. The number of anilines is 1. The molecular formula is C16H20N4OS. The first-order valence-corrected chi connectivity index (χ1v) is 8.45. The monoisotopic (exact) mass is 316 g/mol. The van der Waals surface area contributed by atoms with Gasteiger partial charge in [-0.2, -0.15) is 0 Å². The molecule has 3 rings (SSSR count). The van der Waals surface area contributed by atoms with Gasteiger partial charge in [0.1, 0.15) is 5.01 Å². The first-order valence-electron chi connectivity index (χ1n) is 7.63. The molecule has 0 unspecified atom stereocenters. The molecule has 1 fully saturated rings. The van der Waals surface area contributed by atoms with Crippen LogP contribution in [0.2, 0.25) is 0 Å². The molecule has 1 N–H and O–H groups in total. The van der Waals surface area contributed by atoms with Crippen LogP contribution in [0.3, 0.4) is 0 Å². The van der Waals surface area contributed by atoms with E-state index >= 15 is 0 Å². The number of carbonyl (C=O) groups is 1. The number of hydrogen-bond acceptors (Lipinski definition) is 4. The molecule has 1 aromatic carbocycles. The quantitative estimate of drug-likeness (QED) is 0.920. The minimum Gasteiger partial charge on any atom is -0.324 e. The van der Waals surface area contributed by atoms with Crippen LogP contribution in [-0.2, 0) is 0 Å². The highest BCUT2D eigenvalue weighted by molar-refractivity contribution is 7.15. The lowest BCUT2D eigenvalue weighted by atomic mass is 9.92. The highest BCUT2D eigenvalue weighted by atomic mass is 32.1. The Morgan fingerprint density at radius 2 is 2.05 bits per heavy atom. The lowest BCUT2D eigenvalue weighted by molar-refractivity contribution is 0.213. The third-order valence-corrected chi connectivity index (χ3v) is 4.78. The van der Waals surface area contributed by atoms with Crippen LogP contribution in [0.4, 0.5) is 9.93 Å². The van der Waals surface area contributed by atoms with E-state index in [1.54, 1.807) is 0 Å². The summed E-state index contributed by atoms with van der Waals surface area (Å²) in [6.07, 6.45) is 3.17. The predicted molar refractivity (Wildman–Crippen MR) is 88.3 cm³/mol. The van der Waals surface area contributed by atoms with Crippen molar-refractivity contribution in [2.24, 2.45) is 0 Å². The van der Waals surface area contributed by atoms with Crippen molar-refractivity contribution in [1.29, 1.82) is 0 Å². The van der Waals surface area contributed by atoms with E-state index in [1.165, 1.54) is 16.9 Å². The first-order chi connectivity index (χ1) is 10.7. The number of hydrogen-bond donors (Lipinski definition) is 1. The van der Waals surface area contributed by atoms with Crippen LogP contribution >= 0.6 is 11.3 Å². The number of carbonyl (C=O) groups excluding carboxylic acids is 1. The Morgan fingerprint density at radius 3 is 2.77 bits per heavy atom. The number of urea groups is 1. The standard InChI is InChI=1S/C16H20N4OS/c1-12-18-19-15(22-12)17-16(21)20-10-5-8-14(9-11-20)13-6-3-2-4-7-13/h2-4,6-7,14H,5,8-11H2,1H3,(H,17,19,21)/t14-/m0/s1. The van der Waals surface area contributed by atoms with Crippen molar-refractivity contribution in [3.05, 3.63) is 40.9 Å². The Bertz CT molecular complexity index is 628. The molecule has 0 aliphatic carbocycles. The topological polar surface area (TPSA) is 58.1 Å². The van der Waals surface area contributed by atoms with Gasteiger partial charge in [0.2, 0.25) is 5.13 Å². The normalized spacial score (nSPS) is 18.8. The van der Waals surface area contributed by atoms with E-state index in [1.807, 2.05) is 17.9 Å². The number of rotatable bonds is 2. The third-order valence-electron chi connectivity index (χ3n) is 4.03.